The minimum atomic E-state index is -0.953. The van der Waals surface area contributed by atoms with E-state index in [-0.39, 0.29) is 48.0 Å². The van der Waals surface area contributed by atoms with Crippen LogP contribution >= 0.6 is 0 Å². The Morgan fingerprint density at radius 1 is 1.08 bits per heavy atom. The fourth-order valence-corrected chi connectivity index (χ4v) is 6.26. The average Bonchev–Trinajstić information content (AvgIpc) is 3.59. The van der Waals surface area contributed by atoms with Crippen LogP contribution in [0.25, 0.3) is 0 Å². The maximum atomic E-state index is 13.8. The van der Waals surface area contributed by atoms with E-state index in [1.165, 1.54) is 6.07 Å². The summed E-state index contributed by atoms with van der Waals surface area (Å²) in [5.41, 5.74) is 2.48. The lowest BCUT2D eigenvalue weighted by molar-refractivity contribution is -0.385. The molecular weight excluding hydrogens is 488 g/mol. The van der Waals surface area contributed by atoms with Gasteiger partial charge in [-0.15, -0.1) is 0 Å². The second-order valence-electron chi connectivity index (χ2n) is 10.4. The third-order valence-electron chi connectivity index (χ3n) is 8.05. The van der Waals surface area contributed by atoms with Crippen molar-refractivity contribution in [3.63, 3.8) is 0 Å². The lowest BCUT2D eigenvalue weighted by Crippen LogP contribution is -2.39. The summed E-state index contributed by atoms with van der Waals surface area (Å²) in [6.45, 7) is 1.69. The molecule has 9 nitrogen and oxygen atoms in total. The molecule has 0 aromatic heterocycles. The summed E-state index contributed by atoms with van der Waals surface area (Å²) < 4.78 is 16.8. The summed E-state index contributed by atoms with van der Waals surface area (Å²) in [7, 11) is 0. The number of carbonyl (C=O) groups is 2. The smallest absolute Gasteiger partial charge is 0.315 e. The van der Waals surface area contributed by atoms with Gasteiger partial charge in [0.1, 0.15) is 12.0 Å². The molecule has 0 amide bonds. The first-order valence-electron chi connectivity index (χ1n) is 13.1. The Balaban J connectivity index is 1.48. The SMILES string of the molecule is CC1=NC2=C(C(=O)C[C@H](c3ccccc3)C2)[C@@H](c2cc3c(cc2[N+](=O)[O-])OCO3)C1C(=O)OC1CCCC1. The Morgan fingerprint density at radius 2 is 1.79 bits per heavy atom. The van der Waals surface area contributed by atoms with Crippen molar-refractivity contribution in [3.8, 4) is 11.5 Å². The molecule has 1 unspecified atom stereocenters. The van der Waals surface area contributed by atoms with E-state index in [2.05, 4.69) is 0 Å². The Bertz CT molecular complexity index is 1370. The van der Waals surface area contributed by atoms with Crippen LogP contribution in [0.5, 0.6) is 11.5 Å². The zero-order valence-corrected chi connectivity index (χ0v) is 21.1. The van der Waals surface area contributed by atoms with Gasteiger partial charge >= 0.3 is 5.97 Å². The van der Waals surface area contributed by atoms with Crippen molar-refractivity contribution < 1.29 is 28.7 Å². The van der Waals surface area contributed by atoms with E-state index in [9.17, 15) is 19.7 Å². The van der Waals surface area contributed by atoms with E-state index in [1.807, 2.05) is 30.3 Å². The number of hydrogen-bond acceptors (Lipinski definition) is 8. The van der Waals surface area contributed by atoms with Gasteiger partial charge in [-0.25, -0.2) is 0 Å². The third kappa shape index (κ3) is 4.25. The van der Waals surface area contributed by atoms with E-state index in [1.54, 1.807) is 13.0 Å². The van der Waals surface area contributed by atoms with Crippen LogP contribution in [0.1, 0.15) is 68.4 Å². The second kappa shape index (κ2) is 9.70. The van der Waals surface area contributed by atoms with Gasteiger partial charge in [-0.2, -0.15) is 0 Å². The van der Waals surface area contributed by atoms with Gasteiger partial charge in [-0.3, -0.25) is 24.7 Å². The van der Waals surface area contributed by atoms with E-state index in [0.717, 1.165) is 31.2 Å². The largest absolute Gasteiger partial charge is 0.462 e. The molecule has 196 valence electrons. The van der Waals surface area contributed by atoms with E-state index < -0.39 is 22.7 Å². The normalized spacial score (nSPS) is 24.7. The Morgan fingerprint density at radius 3 is 2.50 bits per heavy atom. The zero-order chi connectivity index (χ0) is 26.4. The summed E-state index contributed by atoms with van der Waals surface area (Å²) in [6.07, 6.45) is 4.09. The van der Waals surface area contributed by atoms with Gasteiger partial charge < -0.3 is 14.2 Å². The fourth-order valence-electron chi connectivity index (χ4n) is 6.26. The number of rotatable bonds is 5. The molecule has 2 aliphatic heterocycles. The lowest BCUT2D eigenvalue weighted by atomic mass is 9.69. The van der Waals surface area contributed by atoms with Crippen LogP contribution in [0, 0.1) is 16.0 Å². The molecule has 1 saturated carbocycles. The van der Waals surface area contributed by atoms with E-state index >= 15 is 0 Å². The average molecular weight is 517 g/mol. The maximum absolute atomic E-state index is 13.8. The zero-order valence-electron chi connectivity index (χ0n) is 21.1. The Kier molecular flexibility index (Phi) is 6.21. The fraction of sp³-hybridized carbons (Fsp3) is 0.414. The molecule has 2 heterocycles. The van der Waals surface area contributed by atoms with Crippen LogP contribution in [0.4, 0.5) is 5.69 Å². The molecular formula is C29H28N2O7. The Labute approximate surface area is 219 Å². The highest BCUT2D eigenvalue weighted by atomic mass is 16.7. The highest BCUT2D eigenvalue weighted by molar-refractivity contribution is 6.09. The number of nitro benzene ring substituents is 1. The molecule has 0 saturated heterocycles. The van der Waals surface area contributed by atoms with Crippen molar-refractivity contribution >= 4 is 23.2 Å². The first-order chi connectivity index (χ1) is 18.4. The number of nitrogens with zero attached hydrogens (tertiary/aromatic N) is 2. The lowest BCUT2D eigenvalue weighted by Gasteiger charge is -2.36. The maximum Gasteiger partial charge on any atom is 0.315 e. The van der Waals surface area contributed by atoms with E-state index in [0.29, 0.717) is 29.2 Å². The van der Waals surface area contributed by atoms with Gasteiger partial charge in [-0.1, -0.05) is 30.3 Å². The number of benzene rings is 2. The van der Waals surface area contributed by atoms with Crippen molar-refractivity contribution in [3.05, 3.63) is 75.0 Å². The Hall–Kier alpha value is -4.01. The minimum absolute atomic E-state index is 0.0557. The van der Waals surface area contributed by atoms with Crippen LogP contribution < -0.4 is 9.47 Å². The van der Waals surface area contributed by atoms with Gasteiger partial charge in [0.05, 0.1) is 11.0 Å². The topological polar surface area (TPSA) is 117 Å². The quantitative estimate of drug-likeness (QED) is 0.297. The van der Waals surface area contributed by atoms with Crippen LogP contribution in [0.2, 0.25) is 0 Å². The molecule has 6 rings (SSSR count). The van der Waals surface area contributed by atoms with Gasteiger partial charge in [-0.05, 0) is 56.6 Å². The summed E-state index contributed by atoms with van der Waals surface area (Å²) >= 11 is 0. The van der Waals surface area contributed by atoms with Crippen LogP contribution in [0.3, 0.4) is 0 Å². The molecule has 3 atom stereocenters. The molecule has 1 fully saturated rings. The third-order valence-corrected chi connectivity index (χ3v) is 8.05. The predicted molar refractivity (Wildman–Crippen MR) is 137 cm³/mol. The number of aliphatic imine (C=N–C) groups is 1. The standard InChI is InChI=1S/C29H28N2O7/c1-16-26(29(33)38-19-9-5-6-10-19)27(20-13-24-25(37-15-36-24)14-22(20)31(34)35)28-21(30-16)11-18(12-23(28)32)17-7-3-2-4-8-17/h2-4,7-8,13-14,18-19,26-27H,5-6,9-12,15H2,1H3/t18-,26?,27+/m1/s1. The molecule has 2 aromatic carbocycles. The molecule has 0 radical (unpaired) electrons. The van der Waals surface area contributed by atoms with Crippen molar-refractivity contribution in [1.82, 2.24) is 0 Å². The first kappa shape index (κ1) is 24.3. The first-order valence-corrected chi connectivity index (χ1v) is 13.1. The van der Waals surface area contributed by atoms with Crippen molar-refractivity contribution in [2.24, 2.45) is 10.9 Å². The van der Waals surface area contributed by atoms with Crippen LogP contribution in [0.15, 0.2) is 58.7 Å². The molecule has 0 N–H and O–H groups in total. The predicted octanol–water partition coefficient (Wildman–Crippen LogP) is 5.38. The number of ether oxygens (including phenoxy) is 3. The molecule has 0 bridgehead atoms. The van der Waals surface area contributed by atoms with Gasteiger partial charge in [0, 0.05) is 34.9 Å². The molecule has 38 heavy (non-hydrogen) atoms. The molecule has 2 aliphatic carbocycles. The summed E-state index contributed by atoms with van der Waals surface area (Å²) in [4.78, 5) is 44.0. The molecule has 9 heteroatoms. The summed E-state index contributed by atoms with van der Waals surface area (Å²) in [5.74, 6) is -1.97. The van der Waals surface area contributed by atoms with Crippen molar-refractivity contribution in [1.29, 1.82) is 0 Å². The number of esters is 1. The van der Waals surface area contributed by atoms with Gasteiger partial charge in [0.15, 0.2) is 17.3 Å². The molecule has 0 spiro atoms. The number of hydrogen-bond donors (Lipinski definition) is 0. The number of carbonyl (C=O) groups excluding carboxylic acids is 2. The van der Waals surface area contributed by atoms with Crippen molar-refractivity contribution in [2.45, 2.75) is 63.4 Å². The minimum Gasteiger partial charge on any atom is -0.462 e. The number of nitro groups is 1. The van der Waals surface area contributed by atoms with Gasteiger partial charge in [0.2, 0.25) is 6.79 Å². The number of fused-ring (bicyclic) bond motifs is 1. The van der Waals surface area contributed by atoms with Crippen molar-refractivity contribution in [2.75, 3.05) is 6.79 Å². The van der Waals surface area contributed by atoms with Crippen LogP contribution in [-0.2, 0) is 14.3 Å². The number of Topliss-reactive ketones (excluding diaryl/α,β-unsaturated/α-hetero) is 1. The molecule has 2 aromatic rings. The number of ketones is 1. The number of allylic oxidation sites excluding steroid dienone is 2. The monoisotopic (exact) mass is 516 g/mol. The molecule has 4 aliphatic rings. The van der Waals surface area contributed by atoms with Crippen LogP contribution in [-0.4, -0.2) is 35.3 Å². The summed E-state index contributed by atoms with van der Waals surface area (Å²) in [5, 5.41) is 12.2. The van der Waals surface area contributed by atoms with E-state index in [4.69, 9.17) is 19.2 Å². The summed E-state index contributed by atoms with van der Waals surface area (Å²) in [6, 6.07) is 12.6. The highest BCUT2D eigenvalue weighted by Gasteiger charge is 2.48. The highest BCUT2D eigenvalue weighted by Crippen LogP contribution is 2.51. The van der Waals surface area contributed by atoms with Gasteiger partial charge in [0.25, 0.3) is 5.69 Å². The second-order valence-corrected chi connectivity index (χ2v) is 10.4.